The summed E-state index contributed by atoms with van der Waals surface area (Å²) in [5, 5.41) is 7.30. The molecule has 4 nitrogen and oxygen atoms in total. The minimum atomic E-state index is 0.135. The Hall–Kier alpha value is -1.58. The third kappa shape index (κ3) is 1.51. The summed E-state index contributed by atoms with van der Waals surface area (Å²) >= 11 is 0. The Morgan fingerprint density at radius 2 is 2.17 bits per heavy atom. The van der Waals surface area contributed by atoms with Gasteiger partial charge in [0.2, 0.25) is 5.88 Å². The molecule has 0 radical (unpaired) electrons. The van der Waals surface area contributed by atoms with Gasteiger partial charge in [0.1, 0.15) is 0 Å². The lowest BCUT2D eigenvalue weighted by atomic mass is 9.74. The maximum absolute atomic E-state index is 12.2. The zero-order valence-corrected chi connectivity index (χ0v) is 11.0. The molecule has 1 atom stereocenters. The highest BCUT2D eigenvalue weighted by Crippen LogP contribution is 2.46. The van der Waals surface area contributed by atoms with Gasteiger partial charge in [-0.3, -0.25) is 4.79 Å². The zero-order valence-electron chi connectivity index (χ0n) is 11.0. The van der Waals surface area contributed by atoms with Gasteiger partial charge in [-0.1, -0.05) is 19.0 Å². The van der Waals surface area contributed by atoms with Crippen LogP contribution in [0.4, 0.5) is 5.88 Å². The zero-order chi connectivity index (χ0) is 12.9. The maximum Gasteiger partial charge on any atom is 0.232 e. The van der Waals surface area contributed by atoms with Crippen LogP contribution in [-0.4, -0.2) is 10.9 Å². The van der Waals surface area contributed by atoms with Crippen LogP contribution in [0.3, 0.4) is 0 Å². The molecule has 0 spiro atoms. The van der Waals surface area contributed by atoms with Crippen LogP contribution in [0.2, 0.25) is 0 Å². The molecule has 1 aliphatic heterocycles. The number of hydrogen-bond donors (Lipinski definition) is 1. The van der Waals surface area contributed by atoms with Gasteiger partial charge >= 0.3 is 0 Å². The van der Waals surface area contributed by atoms with Crippen LogP contribution in [0.25, 0.3) is 0 Å². The summed E-state index contributed by atoms with van der Waals surface area (Å²) in [6.45, 7) is 6.25. The number of carbonyl (C=O) groups is 1. The van der Waals surface area contributed by atoms with Gasteiger partial charge in [0.25, 0.3) is 0 Å². The summed E-state index contributed by atoms with van der Waals surface area (Å²) in [5.74, 6) is 1.53. The standard InChI is InChI=1S/C14H18N2O2/c1-7(2)11-12-8(3)16-18-14(12)15-9-5-4-6-10(17)13(9)11/h7,11,15H,4-6H2,1-3H3/t11-/m1/s1. The van der Waals surface area contributed by atoms with Crippen molar-refractivity contribution < 1.29 is 9.32 Å². The lowest BCUT2D eigenvalue weighted by molar-refractivity contribution is -0.116. The first kappa shape index (κ1) is 11.5. The van der Waals surface area contributed by atoms with Crippen LogP contribution in [0.1, 0.15) is 50.3 Å². The van der Waals surface area contributed by atoms with Crippen molar-refractivity contribution in [3.05, 3.63) is 22.5 Å². The molecule has 1 aromatic rings. The fraction of sp³-hybridized carbons (Fsp3) is 0.571. The largest absolute Gasteiger partial charge is 0.338 e. The molecule has 3 rings (SSSR count). The Labute approximate surface area is 106 Å². The SMILES string of the molecule is Cc1noc2c1[C@@H](C(C)C)C1=C(CCCC1=O)N2. The van der Waals surface area contributed by atoms with Gasteiger partial charge in [-0.2, -0.15) is 0 Å². The minimum absolute atomic E-state index is 0.135. The van der Waals surface area contributed by atoms with E-state index in [1.807, 2.05) is 6.92 Å². The number of nitrogens with one attached hydrogen (secondary N) is 1. The monoisotopic (exact) mass is 246 g/mol. The fourth-order valence-corrected chi connectivity index (χ4v) is 3.14. The highest BCUT2D eigenvalue weighted by Gasteiger charge is 2.38. The normalized spacial score (nSPS) is 22.9. The first-order chi connectivity index (χ1) is 8.59. The van der Waals surface area contributed by atoms with Gasteiger partial charge in [-0.05, 0) is 25.7 Å². The van der Waals surface area contributed by atoms with E-state index in [2.05, 4.69) is 24.3 Å². The molecule has 4 heteroatoms. The van der Waals surface area contributed by atoms with Crippen molar-refractivity contribution in [2.75, 3.05) is 5.32 Å². The van der Waals surface area contributed by atoms with Crippen molar-refractivity contribution in [1.82, 2.24) is 5.16 Å². The van der Waals surface area contributed by atoms with Gasteiger partial charge < -0.3 is 9.84 Å². The predicted octanol–water partition coefficient (Wildman–Crippen LogP) is 3.16. The summed E-state index contributed by atoms with van der Waals surface area (Å²) < 4.78 is 5.34. The molecule has 1 N–H and O–H groups in total. The first-order valence-electron chi connectivity index (χ1n) is 6.59. The smallest absolute Gasteiger partial charge is 0.232 e. The second kappa shape index (κ2) is 3.97. The number of nitrogens with zero attached hydrogens (tertiary/aromatic N) is 1. The minimum Gasteiger partial charge on any atom is -0.338 e. The van der Waals surface area contributed by atoms with Crippen molar-refractivity contribution in [1.29, 1.82) is 0 Å². The van der Waals surface area contributed by atoms with Crippen molar-refractivity contribution in [3.8, 4) is 0 Å². The molecule has 0 bridgehead atoms. The van der Waals surface area contributed by atoms with Crippen molar-refractivity contribution in [2.24, 2.45) is 5.92 Å². The summed E-state index contributed by atoms with van der Waals surface area (Å²) in [6.07, 6.45) is 2.53. The lowest BCUT2D eigenvalue weighted by Crippen LogP contribution is -2.28. The molecule has 18 heavy (non-hydrogen) atoms. The van der Waals surface area contributed by atoms with Crippen LogP contribution in [-0.2, 0) is 4.79 Å². The van der Waals surface area contributed by atoms with E-state index in [-0.39, 0.29) is 11.7 Å². The average Bonchev–Trinajstić information content (AvgIpc) is 2.68. The number of hydrogen-bond acceptors (Lipinski definition) is 4. The number of ketones is 1. The van der Waals surface area contributed by atoms with Gasteiger partial charge in [0, 0.05) is 29.2 Å². The van der Waals surface area contributed by atoms with E-state index in [0.717, 1.165) is 41.3 Å². The first-order valence-corrected chi connectivity index (χ1v) is 6.59. The molecule has 2 aliphatic rings. The molecule has 0 amide bonds. The van der Waals surface area contributed by atoms with Gasteiger partial charge in [0.05, 0.1) is 5.69 Å². The number of anilines is 1. The number of carbonyl (C=O) groups excluding carboxylic acids is 1. The number of aromatic nitrogens is 1. The Morgan fingerprint density at radius 1 is 1.39 bits per heavy atom. The second-order valence-corrected chi connectivity index (χ2v) is 5.53. The Morgan fingerprint density at radius 3 is 2.89 bits per heavy atom. The van der Waals surface area contributed by atoms with Crippen molar-refractivity contribution in [2.45, 2.75) is 46.0 Å². The highest BCUT2D eigenvalue weighted by molar-refractivity contribution is 6.00. The molecule has 0 saturated heterocycles. The van der Waals surface area contributed by atoms with E-state index in [1.54, 1.807) is 0 Å². The molecule has 1 aromatic heterocycles. The van der Waals surface area contributed by atoms with Gasteiger partial charge in [-0.15, -0.1) is 0 Å². The molecular formula is C14H18N2O2. The lowest BCUT2D eigenvalue weighted by Gasteiger charge is -2.33. The van der Waals surface area contributed by atoms with Gasteiger partial charge in [-0.25, -0.2) is 0 Å². The van der Waals surface area contributed by atoms with E-state index in [9.17, 15) is 4.79 Å². The maximum atomic E-state index is 12.2. The number of rotatable bonds is 1. The van der Waals surface area contributed by atoms with Crippen LogP contribution >= 0.6 is 0 Å². The van der Waals surface area contributed by atoms with E-state index in [0.29, 0.717) is 12.3 Å². The van der Waals surface area contributed by atoms with E-state index >= 15 is 0 Å². The summed E-state index contributed by atoms with van der Waals surface area (Å²) in [4.78, 5) is 12.2. The topological polar surface area (TPSA) is 55.1 Å². The molecule has 0 saturated carbocycles. The van der Waals surface area contributed by atoms with E-state index < -0.39 is 0 Å². The number of fused-ring (bicyclic) bond motifs is 1. The van der Waals surface area contributed by atoms with E-state index in [1.165, 1.54) is 0 Å². The summed E-state index contributed by atoms with van der Waals surface area (Å²) in [5.41, 5.74) is 3.98. The van der Waals surface area contributed by atoms with Crippen LogP contribution in [0, 0.1) is 12.8 Å². The van der Waals surface area contributed by atoms with Crippen molar-refractivity contribution in [3.63, 3.8) is 0 Å². The van der Waals surface area contributed by atoms with Gasteiger partial charge in [0.15, 0.2) is 5.78 Å². The fourth-order valence-electron chi connectivity index (χ4n) is 3.14. The third-order valence-electron chi connectivity index (χ3n) is 3.92. The average molecular weight is 246 g/mol. The molecule has 0 aromatic carbocycles. The van der Waals surface area contributed by atoms with Crippen LogP contribution in [0.15, 0.2) is 15.8 Å². The quantitative estimate of drug-likeness (QED) is 0.827. The predicted molar refractivity (Wildman–Crippen MR) is 68.3 cm³/mol. The molecule has 0 fully saturated rings. The van der Waals surface area contributed by atoms with Crippen molar-refractivity contribution >= 4 is 11.7 Å². The third-order valence-corrected chi connectivity index (χ3v) is 3.92. The molecular weight excluding hydrogens is 228 g/mol. The number of aryl methyl sites for hydroxylation is 1. The Kier molecular flexibility index (Phi) is 2.54. The van der Waals surface area contributed by atoms with E-state index in [4.69, 9.17) is 4.52 Å². The molecule has 0 unspecified atom stereocenters. The Bertz CT molecular complexity index is 540. The van der Waals surface area contributed by atoms with Crippen LogP contribution in [0.5, 0.6) is 0 Å². The molecule has 96 valence electrons. The Balaban J connectivity index is 2.17. The number of Topliss-reactive ketones (excluding diaryl/α,β-unsaturated/α-hetero) is 1. The highest BCUT2D eigenvalue weighted by atomic mass is 16.5. The summed E-state index contributed by atoms with van der Waals surface area (Å²) in [7, 11) is 0. The molecule has 2 heterocycles. The summed E-state index contributed by atoms with van der Waals surface area (Å²) in [6, 6.07) is 0. The number of allylic oxidation sites excluding steroid dienone is 2. The van der Waals surface area contributed by atoms with Crippen LogP contribution < -0.4 is 5.32 Å². The second-order valence-electron chi connectivity index (χ2n) is 5.53. The molecule has 1 aliphatic carbocycles.